The summed E-state index contributed by atoms with van der Waals surface area (Å²) >= 11 is 0. The van der Waals surface area contributed by atoms with E-state index in [1.165, 1.54) is 23.0 Å². The van der Waals surface area contributed by atoms with E-state index in [-0.39, 0.29) is 0 Å². The molecule has 0 bridgehead atoms. The van der Waals surface area contributed by atoms with Crippen LogP contribution in [0.5, 0.6) is 0 Å². The molecular weight excluding hydrogens is 338 g/mol. The first-order chi connectivity index (χ1) is 12.9. The van der Waals surface area contributed by atoms with Crippen molar-refractivity contribution < 1.29 is 4.92 Å². The molecule has 0 fully saturated rings. The first-order valence-corrected chi connectivity index (χ1v) is 8.96. The standard InChI is InChI=1S/C22H23N3O2/c1-16-13-21(23-22(14-16)25-17(2)7-8-18(25)3)10-9-19-5-4-6-20(15-19)11-12-24(26)27/h4-8,11-15H,9-10H2,1-3H3/b12-11+. The van der Waals surface area contributed by atoms with Gasteiger partial charge in [-0.25, -0.2) is 4.98 Å². The fraction of sp³-hybridized carbons (Fsp3) is 0.227. The molecule has 0 atom stereocenters. The Balaban J connectivity index is 1.79. The summed E-state index contributed by atoms with van der Waals surface area (Å²) in [5.41, 5.74) is 6.54. The van der Waals surface area contributed by atoms with Crippen molar-refractivity contribution in [2.24, 2.45) is 0 Å². The molecule has 1 aromatic carbocycles. The topological polar surface area (TPSA) is 61.0 Å². The number of aryl methyl sites for hydroxylation is 5. The van der Waals surface area contributed by atoms with Gasteiger partial charge in [-0.15, -0.1) is 0 Å². The Kier molecular flexibility index (Phi) is 5.50. The second-order valence-electron chi connectivity index (χ2n) is 6.79. The number of hydrogen-bond donors (Lipinski definition) is 0. The highest BCUT2D eigenvalue weighted by Gasteiger charge is 2.08. The Morgan fingerprint density at radius 1 is 1.04 bits per heavy atom. The van der Waals surface area contributed by atoms with E-state index < -0.39 is 4.92 Å². The average molecular weight is 361 g/mol. The molecule has 0 aliphatic carbocycles. The lowest BCUT2D eigenvalue weighted by Crippen LogP contribution is -2.05. The van der Waals surface area contributed by atoms with Gasteiger partial charge in [-0.1, -0.05) is 24.3 Å². The molecule has 0 amide bonds. The van der Waals surface area contributed by atoms with Crippen LogP contribution in [0.2, 0.25) is 0 Å². The Morgan fingerprint density at radius 2 is 1.78 bits per heavy atom. The summed E-state index contributed by atoms with van der Waals surface area (Å²) in [6.45, 7) is 6.26. The van der Waals surface area contributed by atoms with E-state index in [0.717, 1.165) is 41.7 Å². The molecule has 0 N–H and O–H groups in total. The molecule has 0 unspecified atom stereocenters. The number of nitrogens with zero attached hydrogens (tertiary/aromatic N) is 3. The highest BCUT2D eigenvalue weighted by atomic mass is 16.6. The van der Waals surface area contributed by atoms with Gasteiger partial charge in [0.1, 0.15) is 5.82 Å². The minimum absolute atomic E-state index is 0.448. The van der Waals surface area contributed by atoms with E-state index in [4.69, 9.17) is 4.98 Å². The van der Waals surface area contributed by atoms with Crippen molar-refractivity contribution in [1.29, 1.82) is 0 Å². The Hall–Kier alpha value is -3.21. The van der Waals surface area contributed by atoms with Gasteiger partial charge in [0.25, 0.3) is 0 Å². The molecule has 0 saturated heterocycles. The molecule has 5 nitrogen and oxygen atoms in total. The summed E-state index contributed by atoms with van der Waals surface area (Å²) < 4.78 is 2.17. The maximum absolute atomic E-state index is 10.5. The van der Waals surface area contributed by atoms with E-state index >= 15 is 0 Å². The molecular formula is C22H23N3O2. The third kappa shape index (κ3) is 4.70. The number of hydrogen-bond acceptors (Lipinski definition) is 3. The zero-order valence-electron chi connectivity index (χ0n) is 15.8. The lowest BCUT2D eigenvalue weighted by molar-refractivity contribution is -0.400. The van der Waals surface area contributed by atoms with Gasteiger partial charge < -0.3 is 4.57 Å². The number of aromatic nitrogens is 2. The van der Waals surface area contributed by atoms with Gasteiger partial charge in [0, 0.05) is 23.2 Å². The normalized spacial score (nSPS) is 11.2. The minimum Gasteiger partial charge on any atom is -0.303 e. The predicted molar refractivity (Wildman–Crippen MR) is 108 cm³/mol. The first kappa shape index (κ1) is 18.6. The van der Waals surface area contributed by atoms with Gasteiger partial charge in [-0.05, 0) is 74.6 Å². The minimum atomic E-state index is -0.448. The van der Waals surface area contributed by atoms with Crippen LogP contribution in [-0.2, 0) is 12.8 Å². The monoisotopic (exact) mass is 361 g/mol. The highest BCUT2D eigenvalue weighted by molar-refractivity contribution is 5.49. The third-order valence-corrected chi connectivity index (χ3v) is 4.52. The lowest BCUT2D eigenvalue weighted by Gasteiger charge is -2.12. The Bertz CT molecular complexity index is 983. The summed E-state index contributed by atoms with van der Waals surface area (Å²) in [4.78, 5) is 14.9. The summed E-state index contributed by atoms with van der Waals surface area (Å²) in [5.74, 6) is 0.952. The number of pyridine rings is 1. The third-order valence-electron chi connectivity index (χ3n) is 4.52. The van der Waals surface area contributed by atoms with Crippen molar-refractivity contribution in [2.75, 3.05) is 0 Å². The number of benzene rings is 1. The van der Waals surface area contributed by atoms with Crippen LogP contribution in [0.4, 0.5) is 0 Å². The van der Waals surface area contributed by atoms with E-state index in [9.17, 15) is 10.1 Å². The molecule has 0 saturated carbocycles. The largest absolute Gasteiger partial charge is 0.303 e. The van der Waals surface area contributed by atoms with E-state index in [2.05, 4.69) is 49.6 Å². The van der Waals surface area contributed by atoms with Crippen molar-refractivity contribution in [3.8, 4) is 5.82 Å². The van der Waals surface area contributed by atoms with E-state index in [1.807, 2.05) is 24.3 Å². The van der Waals surface area contributed by atoms with Crippen LogP contribution < -0.4 is 0 Å². The van der Waals surface area contributed by atoms with Crippen LogP contribution >= 0.6 is 0 Å². The quantitative estimate of drug-likeness (QED) is 0.467. The van der Waals surface area contributed by atoms with Crippen molar-refractivity contribution in [1.82, 2.24) is 9.55 Å². The molecule has 3 aromatic rings. The molecule has 0 spiro atoms. The van der Waals surface area contributed by atoms with Crippen molar-refractivity contribution >= 4 is 6.08 Å². The van der Waals surface area contributed by atoms with Crippen LogP contribution in [0.3, 0.4) is 0 Å². The van der Waals surface area contributed by atoms with Crippen LogP contribution in [0.1, 0.15) is 33.8 Å². The van der Waals surface area contributed by atoms with Gasteiger partial charge >= 0.3 is 0 Å². The fourth-order valence-corrected chi connectivity index (χ4v) is 3.26. The Labute approximate surface area is 159 Å². The summed E-state index contributed by atoms with van der Waals surface area (Å²) in [6.07, 6.45) is 4.13. The van der Waals surface area contributed by atoms with Crippen LogP contribution in [0, 0.1) is 30.9 Å². The van der Waals surface area contributed by atoms with Gasteiger partial charge in [0.2, 0.25) is 6.20 Å². The second-order valence-corrected chi connectivity index (χ2v) is 6.79. The lowest BCUT2D eigenvalue weighted by atomic mass is 10.0. The summed E-state index contributed by atoms with van der Waals surface area (Å²) in [7, 11) is 0. The zero-order valence-corrected chi connectivity index (χ0v) is 15.8. The SMILES string of the molecule is Cc1cc(CCc2cccc(/C=C/[N+](=O)[O-])c2)nc(-n2c(C)ccc2C)c1. The second kappa shape index (κ2) is 7.99. The molecule has 3 rings (SSSR count). The molecule has 27 heavy (non-hydrogen) atoms. The van der Waals surface area contributed by atoms with Gasteiger partial charge in [0.15, 0.2) is 0 Å². The van der Waals surface area contributed by atoms with Crippen molar-refractivity contribution in [2.45, 2.75) is 33.6 Å². The summed E-state index contributed by atoms with van der Waals surface area (Å²) in [6, 6.07) is 16.2. The smallest absolute Gasteiger partial charge is 0.235 e. The van der Waals surface area contributed by atoms with Crippen LogP contribution in [0.15, 0.2) is 54.7 Å². The molecule has 0 aliphatic heterocycles. The van der Waals surface area contributed by atoms with E-state index in [0.29, 0.717) is 0 Å². The maximum atomic E-state index is 10.5. The maximum Gasteiger partial charge on any atom is 0.235 e. The van der Waals surface area contributed by atoms with Gasteiger partial charge in [-0.3, -0.25) is 10.1 Å². The molecule has 0 radical (unpaired) electrons. The molecule has 138 valence electrons. The molecule has 2 aromatic heterocycles. The van der Waals surface area contributed by atoms with Crippen LogP contribution in [0.25, 0.3) is 11.9 Å². The summed E-state index contributed by atoms with van der Waals surface area (Å²) in [5, 5.41) is 10.5. The van der Waals surface area contributed by atoms with Gasteiger partial charge in [0.05, 0.1) is 4.92 Å². The first-order valence-electron chi connectivity index (χ1n) is 8.96. The van der Waals surface area contributed by atoms with Crippen molar-refractivity contribution in [3.63, 3.8) is 0 Å². The zero-order chi connectivity index (χ0) is 19.4. The predicted octanol–water partition coefficient (Wildman–Crippen LogP) is 4.83. The fourth-order valence-electron chi connectivity index (χ4n) is 3.26. The molecule has 5 heteroatoms. The van der Waals surface area contributed by atoms with Crippen molar-refractivity contribution in [3.05, 3.63) is 98.6 Å². The average Bonchev–Trinajstić information content (AvgIpc) is 2.96. The van der Waals surface area contributed by atoms with Crippen LogP contribution in [-0.4, -0.2) is 14.5 Å². The molecule has 0 aliphatic rings. The highest BCUT2D eigenvalue weighted by Crippen LogP contribution is 2.18. The van der Waals surface area contributed by atoms with E-state index in [1.54, 1.807) is 0 Å². The Morgan fingerprint density at radius 3 is 2.48 bits per heavy atom. The van der Waals surface area contributed by atoms with Gasteiger partial charge in [-0.2, -0.15) is 0 Å². The molecule has 2 heterocycles. The number of nitro groups is 1. The number of rotatable bonds is 6.